The normalized spacial score (nSPS) is 10.8. The molecule has 2 aromatic rings. The second-order valence-electron chi connectivity index (χ2n) is 4.73. The minimum Gasteiger partial charge on any atom is -0.406 e. The van der Waals surface area contributed by atoms with E-state index in [1.807, 2.05) is 11.9 Å². The molecule has 0 radical (unpaired) electrons. The fraction of sp³-hybridized carbons (Fsp3) is 0.467. The Kier molecular flexibility index (Phi) is 5.12. The van der Waals surface area contributed by atoms with Gasteiger partial charge < -0.3 is 9.73 Å². The van der Waals surface area contributed by atoms with Gasteiger partial charge in [0, 0.05) is 12.7 Å². The van der Waals surface area contributed by atoms with E-state index in [1.165, 1.54) is 5.56 Å². The zero-order chi connectivity index (χ0) is 14.4. The molecule has 1 N–H and O–H groups in total. The van der Waals surface area contributed by atoms with Crippen LogP contribution in [0.15, 0.2) is 28.7 Å². The molecule has 20 heavy (non-hydrogen) atoms. The summed E-state index contributed by atoms with van der Waals surface area (Å²) in [5.41, 5.74) is 2.36. The number of nitrogens with one attached hydrogen (secondary N) is 1. The Morgan fingerprint density at radius 1 is 1.15 bits per heavy atom. The zero-order valence-electron chi connectivity index (χ0n) is 12.4. The Morgan fingerprint density at radius 3 is 2.55 bits per heavy atom. The highest BCUT2D eigenvalue weighted by Crippen LogP contribution is 2.22. The molecule has 0 spiro atoms. The Bertz CT molecular complexity index is 521. The second kappa shape index (κ2) is 7.05. The fourth-order valence-corrected chi connectivity index (χ4v) is 1.89. The van der Waals surface area contributed by atoms with Crippen molar-refractivity contribution in [2.24, 2.45) is 0 Å². The summed E-state index contributed by atoms with van der Waals surface area (Å²) in [5, 5.41) is 11.4. The number of benzene rings is 1. The molecule has 0 aliphatic carbocycles. The smallest absolute Gasteiger partial charge is 0.322 e. The molecular weight excluding hydrogens is 252 g/mol. The van der Waals surface area contributed by atoms with E-state index in [0.717, 1.165) is 25.1 Å². The number of nitrogens with zero attached hydrogens (tertiary/aromatic N) is 3. The molecule has 1 aromatic heterocycles. The molecule has 0 bridgehead atoms. The van der Waals surface area contributed by atoms with Crippen molar-refractivity contribution in [3.63, 3.8) is 0 Å². The number of aryl methyl sites for hydroxylation is 1. The summed E-state index contributed by atoms with van der Waals surface area (Å²) in [6.07, 6.45) is 2.13. The molecule has 0 aliphatic rings. The minimum atomic E-state index is 0.516. The highest BCUT2D eigenvalue weighted by Gasteiger charge is 2.12. The third-order valence-corrected chi connectivity index (χ3v) is 3.18. The molecule has 0 saturated carbocycles. The Morgan fingerprint density at radius 2 is 1.90 bits per heavy atom. The van der Waals surface area contributed by atoms with E-state index in [4.69, 9.17) is 4.42 Å². The van der Waals surface area contributed by atoms with Crippen LogP contribution in [-0.4, -0.2) is 23.8 Å². The Labute approximate surface area is 120 Å². The highest BCUT2D eigenvalue weighted by molar-refractivity contribution is 5.55. The van der Waals surface area contributed by atoms with E-state index < -0.39 is 0 Å². The standard InChI is InChI=1S/C15H22N4O/c1-4-10-16-11-14-17-18-15(20-14)19(3)13-8-6-12(5-2)7-9-13/h6-9,16H,4-5,10-11H2,1-3H3. The maximum atomic E-state index is 5.64. The maximum Gasteiger partial charge on any atom is 0.322 e. The summed E-state index contributed by atoms with van der Waals surface area (Å²) in [4.78, 5) is 1.90. The first-order valence-electron chi connectivity index (χ1n) is 7.10. The first kappa shape index (κ1) is 14.5. The molecule has 0 atom stereocenters. The number of rotatable bonds is 7. The number of anilines is 2. The van der Waals surface area contributed by atoms with E-state index in [-0.39, 0.29) is 0 Å². The molecule has 5 nitrogen and oxygen atoms in total. The van der Waals surface area contributed by atoms with Gasteiger partial charge in [-0.05, 0) is 37.1 Å². The Balaban J connectivity index is 2.02. The Hall–Kier alpha value is -1.88. The third kappa shape index (κ3) is 3.57. The minimum absolute atomic E-state index is 0.516. The second-order valence-corrected chi connectivity index (χ2v) is 4.73. The van der Waals surface area contributed by atoms with E-state index in [9.17, 15) is 0 Å². The van der Waals surface area contributed by atoms with Crippen LogP contribution >= 0.6 is 0 Å². The van der Waals surface area contributed by atoms with Crippen molar-refractivity contribution in [2.45, 2.75) is 33.2 Å². The van der Waals surface area contributed by atoms with Gasteiger partial charge in [-0.25, -0.2) is 0 Å². The van der Waals surface area contributed by atoms with Crippen LogP contribution in [0.4, 0.5) is 11.7 Å². The lowest BCUT2D eigenvalue weighted by Crippen LogP contribution is -2.14. The van der Waals surface area contributed by atoms with E-state index >= 15 is 0 Å². The first-order valence-corrected chi connectivity index (χ1v) is 7.10. The largest absolute Gasteiger partial charge is 0.406 e. The number of hydrogen-bond donors (Lipinski definition) is 1. The van der Waals surface area contributed by atoms with Crippen LogP contribution in [0.1, 0.15) is 31.7 Å². The summed E-state index contributed by atoms with van der Waals surface area (Å²) < 4.78 is 5.64. The van der Waals surface area contributed by atoms with Crippen molar-refractivity contribution in [1.82, 2.24) is 15.5 Å². The quantitative estimate of drug-likeness (QED) is 0.787. The van der Waals surface area contributed by atoms with Gasteiger partial charge in [0.15, 0.2) is 0 Å². The first-order chi connectivity index (χ1) is 9.74. The van der Waals surface area contributed by atoms with Crippen LogP contribution in [0.2, 0.25) is 0 Å². The van der Waals surface area contributed by atoms with E-state index in [2.05, 4.69) is 53.6 Å². The molecule has 0 unspecified atom stereocenters. The van der Waals surface area contributed by atoms with Gasteiger partial charge in [0.05, 0.1) is 6.54 Å². The number of hydrogen-bond acceptors (Lipinski definition) is 5. The maximum absolute atomic E-state index is 5.64. The van der Waals surface area contributed by atoms with Gasteiger partial charge >= 0.3 is 6.01 Å². The van der Waals surface area contributed by atoms with Crippen molar-refractivity contribution in [3.05, 3.63) is 35.7 Å². The molecule has 0 saturated heterocycles. The van der Waals surface area contributed by atoms with E-state index in [1.54, 1.807) is 0 Å². The van der Waals surface area contributed by atoms with Crippen molar-refractivity contribution < 1.29 is 4.42 Å². The summed E-state index contributed by atoms with van der Waals surface area (Å²) in [5.74, 6) is 0.616. The molecule has 2 rings (SSSR count). The molecule has 5 heteroatoms. The molecule has 0 fully saturated rings. The average molecular weight is 274 g/mol. The summed E-state index contributed by atoms with van der Waals surface area (Å²) >= 11 is 0. The highest BCUT2D eigenvalue weighted by atomic mass is 16.4. The monoisotopic (exact) mass is 274 g/mol. The SMILES string of the molecule is CCCNCc1nnc(N(C)c2ccc(CC)cc2)o1. The summed E-state index contributed by atoms with van der Waals surface area (Å²) in [6.45, 7) is 5.84. The molecule has 0 amide bonds. The summed E-state index contributed by atoms with van der Waals surface area (Å²) in [7, 11) is 1.93. The topological polar surface area (TPSA) is 54.2 Å². The van der Waals surface area contributed by atoms with Gasteiger partial charge in [0.25, 0.3) is 0 Å². The summed E-state index contributed by atoms with van der Waals surface area (Å²) in [6, 6.07) is 8.89. The lowest BCUT2D eigenvalue weighted by molar-refractivity contribution is 0.472. The predicted molar refractivity (Wildman–Crippen MR) is 80.2 cm³/mol. The van der Waals surface area contributed by atoms with Gasteiger partial charge in [-0.3, -0.25) is 4.90 Å². The number of aromatic nitrogens is 2. The molecule has 1 aromatic carbocycles. The van der Waals surface area contributed by atoms with Crippen LogP contribution in [-0.2, 0) is 13.0 Å². The molecular formula is C15H22N4O. The van der Waals surface area contributed by atoms with Gasteiger partial charge in [0.1, 0.15) is 0 Å². The zero-order valence-corrected chi connectivity index (χ0v) is 12.4. The van der Waals surface area contributed by atoms with E-state index in [0.29, 0.717) is 18.5 Å². The van der Waals surface area contributed by atoms with Crippen LogP contribution in [0.5, 0.6) is 0 Å². The lowest BCUT2D eigenvalue weighted by atomic mass is 10.1. The van der Waals surface area contributed by atoms with Crippen LogP contribution in [0.3, 0.4) is 0 Å². The lowest BCUT2D eigenvalue weighted by Gasteiger charge is -2.14. The van der Waals surface area contributed by atoms with Crippen LogP contribution < -0.4 is 10.2 Å². The van der Waals surface area contributed by atoms with Gasteiger partial charge in [-0.2, -0.15) is 0 Å². The fourth-order valence-electron chi connectivity index (χ4n) is 1.89. The molecule has 0 aliphatic heterocycles. The van der Waals surface area contributed by atoms with Gasteiger partial charge in [-0.1, -0.05) is 31.1 Å². The van der Waals surface area contributed by atoms with Crippen molar-refractivity contribution >= 4 is 11.7 Å². The van der Waals surface area contributed by atoms with Gasteiger partial charge in [-0.15, -0.1) is 5.10 Å². The van der Waals surface area contributed by atoms with Crippen LogP contribution in [0.25, 0.3) is 0 Å². The predicted octanol–water partition coefficient (Wildman–Crippen LogP) is 2.90. The molecule has 108 valence electrons. The third-order valence-electron chi connectivity index (χ3n) is 3.18. The van der Waals surface area contributed by atoms with Gasteiger partial charge in [0.2, 0.25) is 5.89 Å². The molecule has 1 heterocycles. The van der Waals surface area contributed by atoms with Crippen molar-refractivity contribution in [2.75, 3.05) is 18.5 Å². The van der Waals surface area contributed by atoms with Crippen molar-refractivity contribution in [3.8, 4) is 0 Å². The average Bonchev–Trinajstić information content (AvgIpc) is 2.96. The van der Waals surface area contributed by atoms with Crippen molar-refractivity contribution in [1.29, 1.82) is 0 Å². The van der Waals surface area contributed by atoms with Crippen LogP contribution in [0, 0.1) is 0 Å².